The number of methoxy groups -OCH3 is 1. The summed E-state index contributed by atoms with van der Waals surface area (Å²) in [6.07, 6.45) is 3.15. The maximum absolute atomic E-state index is 12.6. The van der Waals surface area contributed by atoms with E-state index in [2.05, 4.69) is 16.2 Å². The van der Waals surface area contributed by atoms with Gasteiger partial charge in [-0.2, -0.15) is 10.0 Å². The van der Waals surface area contributed by atoms with Crippen LogP contribution >= 0.6 is 11.8 Å². The lowest BCUT2D eigenvalue weighted by Gasteiger charge is -2.20. The molecule has 2 aliphatic rings. The highest BCUT2D eigenvalue weighted by molar-refractivity contribution is 8.42. The first-order valence-corrected chi connectivity index (χ1v) is 14.0. The highest BCUT2D eigenvalue weighted by atomic mass is 32.3. The number of amidine groups is 2. The molecule has 37 heavy (non-hydrogen) atoms. The average Bonchev–Trinajstić information content (AvgIpc) is 3.28. The molecule has 0 saturated heterocycles. The Bertz CT molecular complexity index is 1460. The van der Waals surface area contributed by atoms with Gasteiger partial charge in [-0.3, -0.25) is 10.2 Å². The van der Waals surface area contributed by atoms with Crippen molar-refractivity contribution in [3.05, 3.63) is 58.7 Å². The van der Waals surface area contributed by atoms with E-state index in [0.717, 1.165) is 34.3 Å². The number of nitrogens with one attached hydrogen (secondary N) is 1. The van der Waals surface area contributed by atoms with E-state index in [0.29, 0.717) is 36.7 Å². The van der Waals surface area contributed by atoms with E-state index in [-0.39, 0.29) is 21.0 Å². The highest BCUT2D eigenvalue weighted by Gasteiger charge is 2.38. The Morgan fingerprint density at radius 2 is 1.76 bits per heavy atom. The Morgan fingerprint density at radius 3 is 2.43 bits per heavy atom. The lowest BCUT2D eigenvalue weighted by molar-refractivity contribution is -0.114. The molecule has 12 heteroatoms. The van der Waals surface area contributed by atoms with Crippen molar-refractivity contribution in [3.8, 4) is 17.2 Å². The first-order chi connectivity index (χ1) is 17.6. The summed E-state index contributed by atoms with van der Waals surface area (Å²) in [6.45, 7) is 4.97. The standard InChI is InChI=1S/C25H26N4O6S2/c1-15-6-8-19(16(2)12-15)34-10-5-11-35-20-9-7-17(14-21(20)33-3)13-18-22(26)29-24(27-23(18)30)36-25(28-29)37(4,31)32/h6-9,12-14,26H,5,10-11H2,1-4H3/b18-13-,26-22?. The van der Waals surface area contributed by atoms with E-state index < -0.39 is 15.7 Å². The number of nitrogens with zero attached hydrogens (tertiary/aromatic N) is 3. The van der Waals surface area contributed by atoms with E-state index >= 15 is 0 Å². The maximum Gasteiger partial charge on any atom is 0.283 e. The number of ether oxygens (including phenoxy) is 3. The Hall–Kier alpha value is -3.64. The molecule has 2 aromatic rings. The van der Waals surface area contributed by atoms with Crippen molar-refractivity contribution in [1.29, 1.82) is 5.41 Å². The molecular weight excluding hydrogens is 516 g/mol. The molecule has 2 aromatic carbocycles. The summed E-state index contributed by atoms with van der Waals surface area (Å²) < 4.78 is 40.5. The smallest absolute Gasteiger partial charge is 0.283 e. The van der Waals surface area contributed by atoms with E-state index in [1.165, 1.54) is 18.7 Å². The second-order valence-electron chi connectivity index (χ2n) is 8.39. The Kier molecular flexibility index (Phi) is 7.69. The van der Waals surface area contributed by atoms with E-state index in [1.807, 2.05) is 26.0 Å². The van der Waals surface area contributed by atoms with Crippen molar-refractivity contribution in [2.45, 2.75) is 20.3 Å². The number of hydrogen-bond donors (Lipinski definition) is 1. The Balaban J connectivity index is 1.41. The normalized spacial score (nSPS) is 16.4. The monoisotopic (exact) mass is 542 g/mol. The molecule has 2 heterocycles. The third kappa shape index (κ3) is 6.03. The SMILES string of the molecule is COc1cc(/C=C2/C(=N)N3N=C(S(C)(=O)=O)SC3=NC2=O)ccc1OCCCOc1ccc(C)cc1C. The Labute approximate surface area is 219 Å². The molecule has 4 rings (SSSR count). The number of hydrogen-bond acceptors (Lipinski definition) is 9. The minimum atomic E-state index is -3.60. The Morgan fingerprint density at radius 1 is 1.05 bits per heavy atom. The van der Waals surface area contributed by atoms with E-state index in [9.17, 15) is 13.2 Å². The van der Waals surface area contributed by atoms with Gasteiger partial charge in [0.1, 0.15) is 5.75 Å². The van der Waals surface area contributed by atoms with Gasteiger partial charge >= 0.3 is 0 Å². The zero-order chi connectivity index (χ0) is 26.7. The summed E-state index contributed by atoms with van der Waals surface area (Å²) in [5, 5.41) is 13.4. The zero-order valence-electron chi connectivity index (χ0n) is 20.8. The summed E-state index contributed by atoms with van der Waals surface area (Å²) in [4.78, 5) is 16.5. The average molecular weight is 543 g/mol. The predicted molar refractivity (Wildman–Crippen MR) is 144 cm³/mol. The number of carbonyl (C=O) groups is 1. The fourth-order valence-corrected chi connectivity index (χ4v) is 5.25. The molecule has 0 unspecified atom stereocenters. The number of benzene rings is 2. The van der Waals surface area contributed by atoms with Gasteiger partial charge in [0.05, 0.1) is 25.9 Å². The van der Waals surface area contributed by atoms with Crippen LogP contribution in [0.3, 0.4) is 0 Å². The molecule has 1 amide bonds. The van der Waals surface area contributed by atoms with E-state index in [1.54, 1.807) is 18.2 Å². The molecule has 0 spiro atoms. The van der Waals surface area contributed by atoms with Crippen LogP contribution in [0.5, 0.6) is 17.2 Å². The molecule has 0 aliphatic carbocycles. The van der Waals surface area contributed by atoms with Crippen LogP contribution < -0.4 is 14.2 Å². The molecule has 0 aromatic heterocycles. The molecule has 0 bridgehead atoms. The van der Waals surface area contributed by atoms with Gasteiger partial charge in [0.2, 0.25) is 19.4 Å². The van der Waals surface area contributed by atoms with Gasteiger partial charge in [0.15, 0.2) is 17.3 Å². The van der Waals surface area contributed by atoms with Gasteiger partial charge < -0.3 is 14.2 Å². The third-order valence-corrected chi connectivity index (χ3v) is 7.96. The zero-order valence-corrected chi connectivity index (χ0v) is 22.4. The summed E-state index contributed by atoms with van der Waals surface area (Å²) >= 11 is 0.740. The van der Waals surface area contributed by atoms with Crippen molar-refractivity contribution >= 4 is 49.0 Å². The molecule has 10 nitrogen and oxygen atoms in total. The third-order valence-electron chi connectivity index (χ3n) is 5.39. The molecule has 0 radical (unpaired) electrons. The molecule has 194 valence electrons. The molecule has 2 aliphatic heterocycles. The number of aliphatic imine (C=N–C) groups is 1. The van der Waals surface area contributed by atoms with Crippen LogP contribution in [0.25, 0.3) is 6.08 Å². The van der Waals surface area contributed by atoms with Crippen molar-refractivity contribution in [2.24, 2.45) is 10.1 Å². The summed E-state index contributed by atoms with van der Waals surface area (Å²) in [7, 11) is -2.09. The number of hydrazone groups is 1. The van der Waals surface area contributed by atoms with Crippen molar-refractivity contribution in [1.82, 2.24) is 5.01 Å². The van der Waals surface area contributed by atoms with Gasteiger partial charge in [0.25, 0.3) is 5.91 Å². The number of aryl methyl sites for hydroxylation is 2. The first-order valence-electron chi connectivity index (χ1n) is 11.3. The topological polar surface area (TPSA) is 131 Å². The number of rotatable bonds is 8. The second kappa shape index (κ2) is 10.8. The van der Waals surface area contributed by atoms with Gasteiger partial charge in [-0.1, -0.05) is 23.8 Å². The molecule has 0 atom stereocenters. The molecule has 1 N–H and O–H groups in total. The van der Waals surface area contributed by atoms with Crippen LogP contribution in [0, 0.1) is 19.3 Å². The van der Waals surface area contributed by atoms with Crippen LogP contribution in [-0.2, 0) is 14.6 Å². The second-order valence-corrected chi connectivity index (χ2v) is 11.5. The number of sulfone groups is 1. The lowest BCUT2D eigenvalue weighted by atomic mass is 10.1. The summed E-state index contributed by atoms with van der Waals surface area (Å²) in [5.74, 6) is 0.921. The van der Waals surface area contributed by atoms with E-state index in [4.69, 9.17) is 19.6 Å². The summed E-state index contributed by atoms with van der Waals surface area (Å²) in [5.41, 5.74) is 2.83. The van der Waals surface area contributed by atoms with Crippen LogP contribution in [-0.4, -0.2) is 61.3 Å². The minimum absolute atomic E-state index is 0.0258. The van der Waals surface area contributed by atoms with Crippen LogP contribution in [0.4, 0.5) is 0 Å². The van der Waals surface area contributed by atoms with Crippen molar-refractivity contribution in [3.63, 3.8) is 0 Å². The molecule has 0 saturated carbocycles. The van der Waals surface area contributed by atoms with Crippen LogP contribution in [0.15, 0.2) is 52.1 Å². The van der Waals surface area contributed by atoms with Gasteiger partial charge in [0, 0.05) is 12.7 Å². The highest BCUT2D eigenvalue weighted by Crippen LogP contribution is 2.32. The number of fused-ring (bicyclic) bond motifs is 1. The number of amides is 1. The van der Waals surface area contributed by atoms with Gasteiger partial charge in [-0.15, -0.1) is 5.10 Å². The predicted octanol–water partition coefficient (Wildman–Crippen LogP) is 3.78. The first kappa shape index (κ1) is 26.4. The molecule has 0 fully saturated rings. The van der Waals surface area contributed by atoms with Gasteiger partial charge in [-0.05, 0) is 61.0 Å². The molecular formula is C25H26N4O6S2. The van der Waals surface area contributed by atoms with Gasteiger partial charge in [-0.25, -0.2) is 8.42 Å². The minimum Gasteiger partial charge on any atom is -0.493 e. The van der Waals surface area contributed by atoms with Crippen molar-refractivity contribution in [2.75, 3.05) is 26.6 Å². The summed E-state index contributed by atoms with van der Waals surface area (Å²) in [6, 6.07) is 11.2. The van der Waals surface area contributed by atoms with Crippen molar-refractivity contribution < 1.29 is 27.4 Å². The number of carbonyl (C=O) groups excluding carboxylic acids is 1. The maximum atomic E-state index is 12.6. The number of thioether (sulfide) groups is 1. The quantitative estimate of drug-likeness (QED) is 0.394. The van der Waals surface area contributed by atoms with Crippen LogP contribution in [0.1, 0.15) is 23.1 Å². The fourth-order valence-electron chi connectivity index (χ4n) is 3.57. The largest absolute Gasteiger partial charge is 0.493 e. The lowest BCUT2D eigenvalue weighted by Crippen LogP contribution is -2.35. The van der Waals surface area contributed by atoms with Crippen LogP contribution in [0.2, 0.25) is 0 Å². The fraction of sp³-hybridized carbons (Fsp3) is 0.280.